The van der Waals surface area contributed by atoms with Crippen LogP contribution in [0.2, 0.25) is 0 Å². The average Bonchev–Trinajstić information content (AvgIpc) is 2.85. The molecular formula is C11H14O4. The van der Waals surface area contributed by atoms with Crippen LogP contribution in [0.4, 0.5) is 0 Å². The summed E-state index contributed by atoms with van der Waals surface area (Å²) in [6, 6.07) is 0. The number of rotatable bonds is 2. The first-order valence-electron chi connectivity index (χ1n) is 5.03. The molecule has 0 aromatic carbocycles. The third kappa shape index (κ3) is 1.28. The van der Waals surface area contributed by atoms with Crippen molar-refractivity contribution >= 4 is 11.9 Å². The van der Waals surface area contributed by atoms with Gasteiger partial charge < -0.3 is 9.47 Å². The average molecular weight is 210 g/mol. The van der Waals surface area contributed by atoms with E-state index in [0.29, 0.717) is 24.3 Å². The first-order chi connectivity index (χ1) is 7.14. The van der Waals surface area contributed by atoms with Crippen molar-refractivity contribution in [3.63, 3.8) is 0 Å². The van der Waals surface area contributed by atoms with Crippen molar-refractivity contribution in [1.82, 2.24) is 0 Å². The van der Waals surface area contributed by atoms with E-state index in [1.807, 2.05) is 6.08 Å². The summed E-state index contributed by atoms with van der Waals surface area (Å²) >= 11 is 0. The second-order valence-electron chi connectivity index (χ2n) is 4.15. The molecule has 82 valence electrons. The number of methoxy groups -OCH3 is 2. The Bertz CT molecular complexity index is 344. The number of carbonyl (C=O) groups excluding carboxylic acids is 2. The third-order valence-corrected chi connectivity index (χ3v) is 3.45. The zero-order chi connectivity index (χ0) is 11.1. The molecule has 2 aliphatic carbocycles. The molecule has 1 saturated carbocycles. The summed E-state index contributed by atoms with van der Waals surface area (Å²) < 4.78 is 9.48. The van der Waals surface area contributed by atoms with E-state index in [4.69, 9.17) is 9.47 Å². The van der Waals surface area contributed by atoms with Gasteiger partial charge in [-0.2, -0.15) is 0 Å². The van der Waals surface area contributed by atoms with E-state index in [1.165, 1.54) is 14.2 Å². The molecule has 0 saturated heterocycles. The Morgan fingerprint density at radius 3 is 2.67 bits per heavy atom. The molecule has 4 heteroatoms. The number of hydrogen-bond donors (Lipinski definition) is 0. The Morgan fingerprint density at radius 1 is 1.40 bits per heavy atom. The minimum Gasteiger partial charge on any atom is -0.468 e. The van der Waals surface area contributed by atoms with Crippen molar-refractivity contribution in [2.45, 2.75) is 19.3 Å². The lowest BCUT2D eigenvalue weighted by molar-refractivity contribution is -0.153. The minimum atomic E-state index is -0.716. The normalized spacial score (nSPS) is 32.4. The van der Waals surface area contributed by atoms with E-state index in [-0.39, 0.29) is 5.97 Å². The highest BCUT2D eigenvalue weighted by Gasteiger charge is 2.55. The van der Waals surface area contributed by atoms with Gasteiger partial charge in [-0.25, -0.2) is 4.79 Å². The van der Waals surface area contributed by atoms with Crippen molar-refractivity contribution in [1.29, 1.82) is 0 Å². The molecule has 1 fully saturated rings. The van der Waals surface area contributed by atoms with Crippen LogP contribution < -0.4 is 0 Å². The van der Waals surface area contributed by atoms with E-state index in [1.54, 1.807) is 0 Å². The molecule has 0 spiro atoms. The van der Waals surface area contributed by atoms with Crippen molar-refractivity contribution < 1.29 is 19.1 Å². The molecule has 0 heterocycles. The van der Waals surface area contributed by atoms with Crippen LogP contribution in [0.1, 0.15) is 19.3 Å². The Hall–Kier alpha value is -1.32. The van der Waals surface area contributed by atoms with E-state index in [2.05, 4.69) is 0 Å². The summed E-state index contributed by atoms with van der Waals surface area (Å²) in [6.45, 7) is 0. The molecule has 2 rings (SSSR count). The second-order valence-corrected chi connectivity index (χ2v) is 4.15. The van der Waals surface area contributed by atoms with E-state index in [0.717, 1.165) is 6.42 Å². The highest BCUT2D eigenvalue weighted by atomic mass is 16.5. The minimum absolute atomic E-state index is 0.306. The Kier molecular flexibility index (Phi) is 2.29. The van der Waals surface area contributed by atoms with Crippen molar-refractivity contribution in [3.05, 3.63) is 11.6 Å². The van der Waals surface area contributed by atoms with Crippen LogP contribution >= 0.6 is 0 Å². The molecule has 15 heavy (non-hydrogen) atoms. The molecule has 0 aromatic rings. The van der Waals surface area contributed by atoms with Crippen molar-refractivity contribution in [2.24, 2.45) is 11.3 Å². The monoisotopic (exact) mass is 210 g/mol. The summed E-state index contributed by atoms with van der Waals surface area (Å²) in [6.07, 6.45) is 4.22. The summed E-state index contributed by atoms with van der Waals surface area (Å²) in [5, 5.41) is 0. The van der Waals surface area contributed by atoms with Crippen molar-refractivity contribution in [3.8, 4) is 0 Å². The highest BCUT2D eigenvalue weighted by molar-refractivity contribution is 5.99. The smallest absolute Gasteiger partial charge is 0.334 e. The standard InChI is InChI=1S/C11H14O4/c1-14-9(12)8-5-7-3-4-11(8,6-7)10(13)15-2/h5,7H,3-4,6H2,1-2H3. The van der Waals surface area contributed by atoms with Crippen LogP contribution in [-0.4, -0.2) is 26.2 Å². The van der Waals surface area contributed by atoms with Gasteiger partial charge in [-0.15, -0.1) is 0 Å². The summed E-state index contributed by atoms with van der Waals surface area (Å²) in [4.78, 5) is 23.3. The predicted molar refractivity (Wildman–Crippen MR) is 51.9 cm³/mol. The number of esters is 2. The highest BCUT2D eigenvalue weighted by Crippen LogP contribution is 2.54. The zero-order valence-electron chi connectivity index (χ0n) is 8.91. The maximum Gasteiger partial charge on any atom is 0.334 e. The van der Waals surface area contributed by atoms with Gasteiger partial charge in [0.05, 0.1) is 19.8 Å². The molecule has 4 nitrogen and oxygen atoms in total. The third-order valence-electron chi connectivity index (χ3n) is 3.45. The van der Waals surface area contributed by atoms with Gasteiger partial charge in [0.2, 0.25) is 0 Å². The fourth-order valence-electron chi connectivity index (χ4n) is 2.73. The maximum absolute atomic E-state index is 11.8. The topological polar surface area (TPSA) is 52.6 Å². The molecule has 2 atom stereocenters. The maximum atomic E-state index is 11.8. The lowest BCUT2D eigenvalue weighted by Crippen LogP contribution is -2.33. The van der Waals surface area contributed by atoms with Gasteiger partial charge in [0, 0.05) is 0 Å². The fourth-order valence-corrected chi connectivity index (χ4v) is 2.73. The van der Waals surface area contributed by atoms with Gasteiger partial charge in [0.25, 0.3) is 0 Å². The number of fused-ring (bicyclic) bond motifs is 2. The molecule has 0 aliphatic heterocycles. The molecule has 0 aromatic heterocycles. The molecular weight excluding hydrogens is 196 g/mol. The first kappa shape index (κ1) is 10.2. The van der Waals surface area contributed by atoms with Gasteiger partial charge in [0.15, 0.2) is 0 Å². The molecule has 2 unspecified atom stereocenters. The van der Waals surface area contributed by atoms with Crippen LogP contribution in [0.3, 0.4) is 0 Å². The van der Waals surface area contributed by atoms with Gasteiger partial charge in [0.1, 0.15) is 5.41 Å². The van der Waals surface area contributed by atoms with Crippen LogP contribution in [0.25, 0.3) is 0 Å². The van der Waals surface area contributed by atoms with Gasteiger partial charge in [-0.1, -0.05) is 6.08 Å². The quantitative estimate of drug-likeness (QED) is 0.639. The fraction of sp³-hybridized carbons (Fsp3) is 0.636. The van der Waals surface area contributed by atoms with Gasteiger partial charge in [-0.05, 0) is 25.2 Å². The second kappa shape index (κ2) is 3.36. The summed E-state index contributed by atoms with van der Waals surface area (Å²) in [7, 11) is 2.69. The number of carbonyl (C=O) groups is 2. The van der Waals surface area contributed by atoms with E-state index < -0.39 is 11.4 Å². The van der Waals surface area contributed by atoms with Gasteiger partial charge >= 0.3 is 11.9 Å². The zero-order valence-corrected chi connectivity index (χ0v) is 8.91. The van der Waals surface area contributed by atoms with Crippen LogP contribution in [0.5, 0.6) is 0 Å². The van der Waals surface area contributed by atoms with Gasteiger partial charge in [-0.3, -0.25) is 4.79 Å². The summed E-state index contributed by atoms with van der Waals surface area (Å²) in [5.41, 5.74) is -0.222. The number of hydrogen-bond acceptors (Lipinski definition) is 4. The largest absolute Gasteiger partial charge is 0.468 e. The number of allylic oxidation sites excluding steroid dienone is 1. The van der Waals surface area contributed by atoms with Crippen LogP contribution in [0.15, 0.2) is 11.6 Å². The first-order valence-corrected chi connectivity index (χ1v) is 5.03. The molecule has 0 radical (unpaired) electrons. The Labute approximate surface area is 88.2 Å². The molecule has 2 bridgehead atoms. The van der Waals surface area contributed by atoms with E-state index >= 15 is 0 Å². The lowest BCUT2D eigenvalue weighted by atomic mass is 9.80. The van der Waals surface area contributed by atoms with Crippen LogP contribution in [0, 0.1) is 11.3 Å². The Balaban J connectivity index is 2.35. The van der Waals surface area contributed by atoms with E-state index in [9.17, 15) is 9.59 Å². The SMILES string of the molecule is COC(=O)C1=CC2CCC1(C(=O)OC)C2. The molecule has 0 amide bonds. The molecule has 2 aliphatic rings. The Morgan fingerprint density at radius 2 is 2.13 bits per heavy atom. The molecule has 0 N–H and O–H groups in total. The van der Waals surface area contributed by atoms with Crippen molar-refractivity contribution in [2.75, 3.05) is 14.2 Å². The lowest BCUT2D eigenvalue weighted by Gasteiger charge is -2.25. The predicted octanol–water partition coefficient (Wildman–Crippen LogP) is 1.06. The summed E-state index contributed by atoms with van der Waals surface area (Å²) in [5.74, 6) is -0.375. The number of ether oxygens (including phenoxy) is 2. The van der Waals surface area contributed by atoms with Crippen LogP contribution in [-0.2, 0) is 19.1 Å².